The first-order valence-electron chi connectivity index (χ1n) is 9.78. The summed E-state index contributed by atoms with van der Waals surface area (Å²) in [5, 5.41) is 8.08. The van der Waals surface area contributed by atoms with Crippen LogP contribution in [0, 0.1) is 13.8 Å². The molecule has 28 heavy (non-hydrogen) atoms. The minimum absolute atomic E-state index is 0.126. The largest absolute Gasteiger partial charge is 0.371 e. The van der Waals surface area contributed by atoms with Crippen molar-refractivity contribution in [3.05, 3.63) is 77.1 Å². The van der Waals surface area contributed by atoms with E-state index in [-0.39, 0.29) is 11.9 Å². The molecular formula is C23H26N4O. The molecule has 1 atom stereocenters. The van der Waals surface area contributed by atoms with E-state index in [1.54, 1.807) is 0 Å². The number of rotatable bonds is 4. The SMILES string of the molecule is Cc1nn(-c2ccccc2)c(C)c1NC(C)C(=O)N1CCc2ccccc2C1. The van der Waals surface area contributed by atoms with Crippen molar-refractivity contribution in [2.24, 2.45) is 0 Å². The molecule has 1 aliphatic heterocycles. The van der Waals surface area contributed by atoms with Gasteiger partial charge in [-0.1, -0.05) is 42.5 Å². The van der Waals surface area contributed by atoms with E-state index in [1.807, 2.05) is 66.8 Å². The molecule has 0 saturated heterocycles. The lowest BCUT2D eigenvalue weighted by Gasteiger charge is -2.31. The van der Waals surface area contributed by atoms with Crippen molar-refractivity contribution in [1.29, 1.82) is 0 Å². The van der Waals surface area contributed by atoms with Crippen LogP contribution in [0.25, 0.3) is 5.69 Å². The van der Waals surface area contributed by atoms with Crippen LogP contribution in [0.4, 0.5) is 5.69 Å². The van der Waals surface area contributed by atoms with Crippen molar-refractivity contribution in [2.45, 2.75) is 39.8 Å². The van der Waals surface area contributed by atoms with Gasteiger partial charge in [-0.2, -0.15) is 5.10 Å². The molecule has 1 N–H and O–H groups in total. The van der Waals surface area contributed by atoms with Crippen LogP contribution in [0.15, 0.2) is 54.6 Å². The summed E-state index contributed by atoms with van der Waals surface area (Å²) in [6.45, 7) is 7.39. The van der Waals surface area contributed by atoms with Gasteiger partial charge in [0.05, 0.1) is 22.8 Å². The Morgan fingerprint density at radius 3 is 2.46 bits per heavy atom. The number of aryl methyl sites for hydroxylation is 1. The van der Waals surface area contributed by atoms with Gasteiger partial charge in [0.1, 0.15) is 6.04 Å². The van der Waals surface area contributed by atoms with Gasteiger partial charge >= 0.3 is 0 Å². The Labute approximate surface area is 166 Å². The maximum atomic E-state index is 13.0. The fourth-order valence-corrected chi connectivity index (χ4v) is 3.91. The lowest BCUT2D eigenvalue weighted by molar-refractivity contribution is -0.132. The highest BCUT2D eigenvalue weighted by molar-refractivity contribution is 5.85. The molecule has 5 nitrogen and oxygen atoms in total. The molecule has 0 saturated carbocycles. The van der Waals surface area contributed by atoms with Gasteiger partial charge in [0.15, 0.2) is 0 Å². The summed E-state index contributed by atoms with van der Waals surface area (Å²) < 4.78 is 1.92. The number of carbonyl (C=O) groups is 1. The average molecular weight is 374 g/mol. The van der Waals surface area contributed by atoms with E-state index in [2.05, 4.69) is 28.6 Å². The van der Waals surface area contributed by atoms with E-state index in [9.17, 15) is 4.79 Å². The first kappa shape index (κ1) is 18.3. The van der Waals surface area contributed by atoms with Crippen molar-refractivity contribution < 1.29 is 4.79 Å². The van der Waals surface area contributed by atoms with Crippen molar-refractivity contribution >= 4 is 11.6 Å². The summed E-state index contributed by atoms with van der Waals surface area (Å²) in [5.41, 5.74) is 6.45. The summed E-state index contributed by atoms with van der Waals surface area (Å²) in [5.74, 6) is 0.126. The van der Waals surface area contributed by atoms with E-state index in [0.29, 0.717) is 6.54 Å². The predicted molar refractivity (Wildman–Crippen MR) is 112 cm³/mol. The zero-order valence-corrected chi connectivity index (χ0v) is 16.6. The molecule has 4 rings (SSSR count). The minimum atomic E-state index is -0.309. The van der Waals surface area contributed by atoms with Crippen molar-refractivity contribution in [2.75, 3.05) is 11.9 Å². The molecule has 1 aromatic heterocycles. The number of anilines is 1. The number of nitrogens with zero attached hydrogens (tertiary/aromatic N) is 3. The highest BCUT2D eigenvalue weighted by atomic mass is 16.2. The molecular weight excluding hydrogens is 348 g/mol. The second kappa shape index (κ2) is 7.50. The zero-order valence-electron chi connectivity index (χ0n) is 16.6. The van der Waals surface area contributed by atoms with Gasteiger partial charge in [0.25, 0.3) is 0 Å². The van der Waals surface area contributed by atoms with E-state index in [4.69, 9.17) is 0 Å². The lowest BCUT2D eigenvalue weighted by Crippen LogP contribution is -2.44. The third-order valence-electron chi connectivity index (χ3n) is 5.47. The number of fused-ring (bicyclic) bond motifs is 1. The number of hydrogen-bond acceptors (Lipinski definition) is 3. The van der Waals surface area contributed by atoms with Crippen LogP contribution in [0.2, 0.25) is 0 Å². The van der Waals surface area contributed by atoms with Gasteiger partial charge in [-0.15, -0.1) is 0 Å². The van der Waals surface area contributed by atoms with Crippen LogP contribution in [-0.4, -0.2) is 33.2 Å². The van der Waals surface area contributed by atoms with Crippen LogP contribution < -0.4 is 5.32 Å². The van der Waals surface area contributed by atoms with Gasteiger partial charge in [-0.25, -0.2) is 4.68 Å². The number of hydrogen-bond donors (Lipinski definition) is 1. The van der Waals surface area contributed by atoms with Crippen molar-refractivity contribution in [3.8, 4) is 5.69 Å². The number of carbonyl (C=O) groups excluding carboxylic acids is 1. The zero-order chi connectivity index (χ0) is 19.7. The normalized spacial score (nSPS) is 14.5. The summed E-state index contributed by atoms with van der Waals surface area (Å²) in [4.78, 5) is 15.0. The maximum absolute atomic E-state index is 13.0. The highest BCUT2D eigenvalue weighted by Crippen LogP contribution is 2.25. The van der Waals surface area contributed by atoms with Gasteiger partial charge in [0.2, 0.25) is 5.91 Å². The van der Waals surface area contributed by atoms with E-state index in [0.717, 1.165) is 35.7 Å². The minimum Gasteiger partial charge on any atom is -0.371 e. The third-order valence-corrected chi connectivity index (χ3v) is 5.47. The van der Waals surface area contributed by atoms with Crippen LogP contribution in [0.1, 0.15) is 29.4 Å². The molecule has 5 heteroatoms. The van der Waals surface area contributed by atoms with E-state index >= 15 is 0 Å². The molecule has 0 bridgehead atoms. The monoisotopic (exact) mass is 374 g/mol. The fourth-order valence-electron chi connectivity index (χ4n) is 3.91. The van der Waals surface area contributed by atoms with Crippen LogP contribution >= 0.6 is 0 Å². The first-order chi connectivity index (χ1) is 13.5. The second-order valence-corrected chi connectivity index (χ2v) is 7.44. The number of nitrogens with one attached hydrogen (secondary N) is 1. The predicted octanol–water partition coefficient (Wildman–Crippen LogP) is 3.87. The van der Waals surface area contributed by atoms with Crippen LogP contribution in [0.3, 0.4) is 0 Å². The maximum Gasteiger partial charge on any atom is 0.245 e. The molecule has 1 amide bonds. The van der Waals surface area contributed by atoms with Crippen molar-refractivity contribution in [1.82, 2.24) is 14.7 Å². The Kier molecular flexibility index (Phi) is 4.90. The number of benzene rings is 2. The Balaban J connectivity index is 1.50. The second-order valence-electron chi connectivity index (χ2n) is 7.44. The summed E-state index contributed by atoms with van der Waals surface area (Å²) >= 11 is 0. The lowest BCUT2D eigenvalue weighted by atomic mass is 9.99. The third kappa shape index (κ3) is 3.40. The molecule has 1 aliphatic rings. The first-order valence-corrected chi connectivity index (χ1v) is 9.78. The van der Waals surface area contributed by atoms with Crippen molar-refractivity contribution in [3.63, 3.8) is 0 Å². The molecule has 2 aromatic carbocycles. The molecule has 2 heterocycles. The quantitative estimate of drug-likeness (QED) is 0.754. The Morgan fingerprint density at radius 2 is 1.71 bits per heavy atom. The summed E-state index contributed by atoms with van der Waals surface area (Å²) in [7, 11) is 0. The highest BCUT2D eigenvalue weighted by Gasteiger charge is 2.26. The summed E-state index contributed by atoms with van der Waals surface area (Å²) in [6.07, 6.45) is 0.915. The molecule has 1 unspecified atom stereocenters. The fraction of sp³-hybridized carbons (Fsp3) is 0.304. The van der Waals surface area contributed by atoms with Gasteiger partial charge < -0.3 is 10.2 Å². The number of amides is 1. The van der Waals surface area contributed by atoms with E-state index in [1.165, 1.54) is 11.1 Å². The molecule has 0 fully saturated rings. The molecule has 0 aliphatic carbocycles. The topological polar surface area (TPSA) is 50.2 Å². The number of aromatic nitrogens is 2. The Morgan fingerprint density at radius 1 is 1.04 bits per heavy atom. The van der Waals surface area contributed by atoms with Gasteiger partial charge in [-0.3, -0.25) is 4.79 Å². The number of para-hydroxylation sites is 1. The molecule has 0 spiro atoms. The molecule has 144 valence electrons. The average Bonchev–Trinajstić information content (AvgIpc) is 3.01. The molecule has 0 radical (unpaired) electrons. The smallest absolute Gasteiger partial charge is 0.245 e. The van der Waals surface area contributed by atoms with Crippen LogP contribution in [0.5, 0.6) is 0 Å². The van der Waals surface area contributed by atoms with Gasteiger partial charge in [-0.05, 0) is 50.5 Å². The van der Waals surface area contributed by atoms with Gasteiger partial charge in [0, 0.05) is 13.1 Å². The Bertz CT molecular complexity index is 993. The van der Waals surface area contributed by atoms with Crippen LogP contribution in [-0.2, 0) is 17.8 Å². The summed E-state index contributed by atoms with van der Waals surface area (Å²) in [6, 6.07) is 18.1. The molecule has 3 aromatic rings. The standard InChI is InChI=1S/C23H26N4O/c1-16-22(18(3)27(25-16)21-11-5-4-6-12-21)24-17(2)23(28)26-14-13-19-9-7-8-10-20(19)15-26/h4-12,17,24H,13-15H2,1-3H3. The Hall–Kier alpha value is -3.08. The van der Waals surface area contributed by atoms with E-state index < -0.39 is 0 Å².